The molecule has 42 heavy (non-hydrogen) atoms. The van der Waals surface area contributed by atoms with Gasteiger partial charge in [-0.05, 0) is 62.2 Å². The molecule has 0 bridgehead atoms. The van der Waals surface area contributed by atoms with Gasteiger partial charge in [-0.25, -0.2) is 0 Å². The number of hydrogen-bond acceptors (Lipinski definition) is 8. The SMILES string of the molecule is COc1cccc(C(=O)Nc2ccc3c(c2)C(=O)N(C)[C@H]2CC[C@H](CC(=O)NCCCN4CCOCC4)O[C@@H]2CO3)c1. The number of morpholine rings is 1. The Morgan fingerprint density at radius 3 is 2.74 bits per heavy atom. The molecular formula is C31H40N4O7. The van der Waals surface area contributed by atoms with Crippen molar-refractivity contribution in [1.82, 2.24) is 15.1 Å². The molecule has 0 radical (unpaired) electrons. The van der Waals surface area contributed by atoms with Gasteiger partial charge in [0.25, 0.3) is 11.8 Å². The van der Waals surface area contributed by atoms with Gasteiger partial charge in [0.1, 0.15) is 24.2 Å². The lowest BCUT2D eigenvalue weighted by Crippen LogP contribution is -2.54. The van der Waals surface area contributed by atoms with Crippen LogP contribution in [0.3, 0.4) is 0 Å². The molecule has 0 unspecified atom stereocenters. The van der Waals surface area contributed by atoms with Crippen molar-refractivity contribution in [3.63, 3.8) is 0 Å². The fourth-order valence-electron chi connectivity index (χ4n) is 5.71. The predicted molar refractivity (Wildman–Crippen MR) is 156 cm³/mol. The summed E-state index contributed by atoms with van der Waals surface area (Å²) >= 11 is 0. The molecule has 2 N–H and O–H groups in total. The Hall–Kier alpha value is -3.67. The average Bonchev–Trinajstić information content (AvgIpc) is 3.02. The minimum Gasteiger partial charge on any atom is -0.497 e. The minimum absolute atomic E-state index is 0.0227. The summed E-state index contributed by atoms with van der Waals surface area (Å²) in [5.74, 6) is 0.461. The van der Waals surface area contributed by atoms with Crippen molar-refractivity contribution < 1.29 is 33.3 Å². The summed E-state index contributed by atoms with van der Waals surface area (Å²) in [4.78, 5) is 43.0. The molecule has 2 aromatic carbocycles. The van der Waals surface area contributed by atoms with Gasteiger partial charge in [-0.15, -0.1) is 0 Å². The van der Waals surface area contributed by atoms with Gasteiger partial charge in [-0.2, -0.15) is 0 Å². The van der Waals surface area contributed by atoms with Crippen molar-refractivity contribution in [3.8, 4) is 11.5 Å². The average molecular weight is 581 g/mol. The molecule has 3 aliphatic heterocycles. The largest absolute Gasteiger partial charge is 0.497 e. The van der Waals surface area contributed by atoms with E-state index >= 15 is 0 Å². The fraction of sp³-hybridized carbons (Fsp3) is 0.516. The third-order valence-corrected chi connectivity index (χ3v) is 8.09. The molecule has 3 aliphatic rings. The first-order valence-corrected chi connectivity index (χ1v) is 14.6. The number of benzene rings is 2. The van der Waals surface area contributed by atoms with Crippen molar-refractivity contribution in [2.45, 2.75) is 43.9 Å². The second kappa shape index (κ2) is 14.0. The Kier molecular flexibility index (Phi) is 9.93. The molecule has 5 rings (SSSR count). The van der Waals surface area contributed by atoms with Crippen molar-refractivity contribution in [2.24, 2.45) is 0 Å². The first-order valence-electron chi connectivity index (χ1n) is 14.6. The molecule has 3 amide bonds. The molecule has 2 saturated heterocycles. The number of nitrogens with zero attached hydrogens (tertiary/aromatic N) is 2. The van der Waals surface area contributed by atoms with Gasteiger partial charge in [0.15, 0.2) is 0 Å². The van der Waals surface area contributed by atoms with Crippen LogP contribution in [0.4, 0.5) is 5.69 Å². The molecule has 11 nitrogen and oxygen atoms in total. The summed E-state index contributed by atoms with van der Waals surface area (Å²) in [5, 5.41) is 5.87. The Balaban J connectivity index is 1.15. The fourth-order valence-corrected chi connectivity index (χ4v) is 5.71. The Morgan fingerprint density at radius 2 is 1.93 bits per heavy atom. The highest BCUT2D eigenvalue weighted by Crippen LogP contribution is 2.32. The van der Waals surface area contributed by atoms with Gasteiger partial charge < -0.3 is 34.5 Å². The molecule has 226 valence electrons. The van der Waals surface area contributed by atoms with Crippen molar-refractivity contribution in [3.05, 3.63) is 53.6 Å². The normalized spacial score (nSPS) is 22.6. The van der Waals surface area contributed by atoms with Crippen LogP contribution in [-0.4, -0.2) is 106 Å². The summed E-state index contributed by atoms with van der Waals surface area (Å²) in [6.07, 6.45) is 1.97. The van der Waals surface area contributed by atoms with Gasteiger partial charge in [-0.1, -0.05) is 6.07 Å². The number of likely N-dealkylation sites (N-methyl/N-ethyl adjacent to an activating group) is 1. The van der Waals surface area contributed by atoms with Crippen LogP contribution >= 0.6 is 0 Å². The summed E-state index contributed by atoms with van der Waals surface area (Å²) in [6, 6.07) is 11.7. The predicted octanol–water partition coefficient (Wildman–Crippen LogP) is 2.56. The maximum atomic E-state index is 13.5. The summed E-state index contributed by atoms with van der Waals surface area (Å²) < 4.78 is 23.0. The van der Waals surface area contributed by atoms with Crippen LogP contribution < -0.4 is 20.1 Å². The molecule has 0 aromatic heterocycles. The smallest absolute Gasteiger partial charge is 0.257 e. The number of carbonyl (C=O) groups excluding carboxylic acids is 3. The van der Waals surface area contributed by atoms with Crippen LogP contribution in [0.5, 0.6) is 11.5 Å². The highest BCUT2D eigenvalue weighted by atomic mass is 16.5. The van der Waals surface area contributed by atoms with E-state index in [1.165, 1.54) is 0 Å². The van der Waals surface area contributed by atoms with Gasteiger partial charge in [0.2, 0.25) is 5.91 Å². The summed E-state index contributed by atoms with van der Waals surface area (Å²) in [5.41, 5.74) is 1.30. The van der Waals surface area contributed by atoms with E-state index in [0.29, 0.717) is 47.7 Å². The van der Waals surface area contributed by atoms with E-state index in [0.717, 1.165) is 39.3 Å². The molecule has 2 fully saturated rings. The molecule has 3 atom stereocenters. The molecule has 2 aromatic rings. The molecular weight excluding hydrogens is 540 g/mol. The Labute approximate surface area is 246 Å². The lowest BCUT2D eigenvalue weighted by Gasteiger charge is -2.42. The second-order valence-corrected chi connectivity index (χ2v) is 10.9. The molecule has 0 spiro atoms. The number of nitrogens with one attached hydrogen (secondary N) is 2. The van der Waals surface area contributed by atoms with Crippen LogP contribution in [0.2, 0.25) is 0 Å². The number of ether oxygens (including phenoxy) is 4. The standard InChI is InChI=1S/C31H40N4O7/c1-34-26-9-8-24(19-29(36)32-11-4-12-35-13-15-40-16-14-35)42-28(26)20-41-27-10-7-22(18-25(27)31(34)38)33-30(37)21-5-3-6-23(17-21)39-2/h3,5-7,10,17-18,24,26,28H,4,8-9,11-16,19-20H2,1-2H3,(H,32,36)(H,33,37)/t24-,26+,28-/m1/s1. The van der Waals surface area contributed by atoms with E-state index in [1.54, 1.807) is 61.5 Å². The number of methoxy groups -OCH3 is 1. The highest BCUT2D eigenvalue weighted by molar-refractivity contribution is 6.05. The summed E-state index contributed by atoms with van der Waals surface area (Å²) in [7, 11) is 3.31. The topological polar surface area (TPSA) is 119 Å². The third kappa shape index (κ3) is 7.39. The first-order chi connectivity index (χ1) is 20.4. The molecule has 0 aliphatic carbocycles. The maximum Gasteiger partial charge on any atom is 0.257 e. The quantitative estimate of drug-likeness (QED) is 0.435. The molecule has 0 saturated carbocycles. The van der Waals surface area contributed by atoms with E-state index in [1.807, 2.05) is 0 Å². The number of rotatable bonds is 9. The van der Waals surface area contributed by atoms with Crippen LogP contribution in [-0.2, 0) is 14.3 Å². The van der Waals surface area contributed by atoms with Gasteiger partial charge >= 0.3 is 0 Å². The lowest BCUT2D eigenvalue weighted by atomic mass is 9.94. The van der Waals surface area contributed by atoms with Gasteiger partial charge in [0.05, 0.1) is 44.5 Å². The zero-order valence-corrected chi connectivity index (χ0v) is 24.3. The van der Waals surface area contributed by atoms with E-state index in [2.05, 4.69) is 15.5 Å². The van der Waals surface area contributed by atoms with Crippen molar-refractivity contribution in [1.29, 1.82) is 0 Å². The minimum atomic E-state index is -0.354. The third-order valence-electron chi connectivity index (χ3n) is 8.09. The Morgan fingerprint density at radius 1 is 1.10 bits per heavy atom. The van der Waals surface area contributed by atoms with E-state index < -0.39 is 0 Å². The highest BCUT2D eigenvalue weighted by Gasteiger charge is 2.39. The number of fused-ring (bicyclic) bond motifs is 2. The van der Waals surface area contributed by atoms with Crippen LogP contribution in [0.1, 0.15) is 46.4 Å². The van der Waals surface area contributed by atoms with Crippen LogP contribution in [0.15, 0.2) is 42.5 Å². The van der Waals surface area contributed by atoms with Gasteiger partial charge in [0, 0.05) is 37.9 Å². The first kappa shape index (κ1) is 29.8. The zero-order valence-electron chi connectivity index (χ0n) is 24.3. The van der Waals surface area contributed by atoms with Crippen LogP contribution in [0.25, 0.3) is 0 Å². The molecule has 3 heterocycles. The zero-order chi connectivity index (χ0) is 29.5. The number of carbonyl (C=O) groups is 3. The number of amides is 3. The maximum absolute atomic E-state index is 13.5. The van der Waals surface area contributed by atoms with Crippen molar-refractivity contribution in [2.75, 3.05) is 65.5 Å². The second-order valence-electron chi connectivity index (χ2n) is 10.9. The van der Waals surface area contributed by atoms with E-state index in [4.69, 9.17) is 18.9 Å². The van der Waals surface area contributed by atoms with Crippen LogP contribution in [0, 0.1) is 0 Å². The van der Waals surface area contributed by atoms with Gasteiger partial charge in [-0.3, -0.25) is 19.3 Å². The number of anilines is 1. The number of hydrogen-bond donors (Lipinski definition) is 2. The van der Waals surface area contributed by atoms with E-state index in [-0.39, 0.29) is 49.0 Å². The monoisotopic (exact) mass is 580 g/mol. The Bertz CT molecular complexity index is 1270. The summed E-state index contributed by atoms with van der Waals surface area (Å²) in [6.45, 7) is 5.26. The van der Waals surface area contributed by atoms with Crippen molar-refractivity contribution >= 4 is 23.4 Å². The van der Waals surface area contributed by atoms with E-state index in [9.17, 15) is 14.4 Å². The molecule has 11 heteroatoms. The lowest BCUT2D eigenvalue weighted by molar-refractivity contribution is -0.134.